The van der Waals surface area contributed by atoms with Crippen molar-refractivity contribution in [2.45, 2.75) is 62.4 Å². The first-order valence-corrected chi connectivity index (χ1v) is 12.5. The SMILES string of the molecule is O=C(CS(=O)(=O)c1cn(CC(=O)N2CCCC2)c2ccccc12)NC1CCCCC1. The monoisotopic (exact) mass is 431 g/mol. The van der Waals surface area contributed by atoms with E-state index in [0.29, 0.717) is 10.9 Å². The molecule has 1 aliphatic carbocycles. The number of hydrogen-bond acceptors (Lipinski definition) is 4. The minimum Gasteiger partial charge on any atom is -0.352 e. The maximum atomic E-state index is 13.1. The first-order chi connectivity index (χ1) is 14.4. The van der Waals surface area contributed by atoms with Crippen LogP contribution in [0, 0.1) is 0 Å². The lowest BCUT2D eigenvalue weighted by molar-refractivity contribution is -0.130. The van der Waals surface area contributed by atoms with E-state index in [9.17, 15) is 18.0 Å². The smallest absolute Gasteiger partial charge is 0.242 e. The van der Waals surface area contributed by atoms with Gasteiger partial charge in [0.1, 0.15) is 12.3 Å². The van der Waals surface area contributed by atoms with Gasteiger partial charge in [-0.15, -0.1) is 0 Å². The first kappa shape index (κ1) is 20.9. The Kier molecular flexibility index (Phi) is 6.13. The molecule has 0 atom stereocenters. The van der Waals surface area contributed by atoms with E-state index in [-0.39, 0.29) is 23.4 Å². The van der Waals surface area contributed by atoms with Crippen molar-refractivity contribution in [1.29, 1.82) is 0 Å². The number of amides is 2. The molecule has 7 nitrogen and oxygen atoms in total. The number of carbonyl (C=O) groups is 2. The number of nitrogens with zero attached hydrogens (tertiary/aromatic N) is 2. The van der Waals surface area contributed by atoms with Crippen molar-refractivity contribution >= 4 is 32.6 Å². The van der Waals surface area contributed by atoms with Crippen LogP contribution < -0.4 is 5.32 Å². The van der Waals surface area contributed by atoms with E-state index in [1.807, 2.05) is 17.0 Å². The molecule has 162 valence electrons. The molecule has 0 unspecified atom stereocenters. The molecule has 1 saturated carbocycles. The van der Waals surface area contributed by atoms with E-state index < -0.39 is 21.5 Å². The van der Waals surface area contributed by atoms with Crippen LogP contribution in [0.5, 0.6) is 0 Å². The number of rotatable bonds is 6. The minimum absolute atomic E-state index is 0.00718. The molecule has 0 spiro atoms. The number of aromatic nitrogens is 1. The molecule has 1 aliphatic heterocycles. The average Bonchev–Trinajstić information content (AvgIpc) is 3.37. The second-order valence-corrected chi connectivity index (χ2v) is 10.3. The Bertz CT molecular complexity index is 1030. The van der Waals surface area contributed by atoms with Crippen molar-refractivity contribution in [3.8, 4) is 0 Å². The van der Waals surface area contributed by atoms with Gasteiger partial charge in [-0.25, -0.2) is 8.42 Å². The Balaban J connectivity index is 1.55. The third-order valence-corrected chi connectivity index (χ3v) is 7.78. The Morgan fingerprint density at radius 1 is 1.00 bits per heavy atom. The van der Waals surface area contributed by atoms with Crippen LogP contribution in [0.25, 0.3) is 10.9 Å². The van der Waals surface area contributed by atoms with Crippen LogP contribution >= 0.6 is 0 Å². The number of likely N-dealkylation sites (tertiary alicyclic amines) is 1. The van der Waals surface area contributed by atoms with Crippen molar-refractivity contribution in [1.82, 2.24) is 14.8 Å². The maximum Gasteiger partial charge on any atom is 0.242 e. The van der Waals surface area contributed by atoms with Crippen molar-refractivity contribution in [2.24, 2.45) is 0 Å². The summed E-state index contributed by atoms with van der Waals surface area (Å²) in [6, 6.07) is 7.22. The number of hydrogen-bond donors (Lipinski definition) is 1. The normalized spacial score (nSPS) is 18.1. The summed E-state index contributed by atoms with van der Waals surface area (Å²) >= 11 is 0. The summed E-state index contributed by atoms with van der Waals surface area (Å²) in [5.41, 5.74) is 0.691. The summed E-state index contributed by atoms with van der Waals surface area (Å²) in [7, 11) is -3.83. The summed E-state index contributed by atoms with van der Waals surface area (Å²) in [5, 5.41) is 3.44. The highest BCUT2D eigenvalue weighted by molar-refractivity contribution is 7.92. The topological polar surface area (TPSA) is 88.5 Å². The van der Waals surface area contributed by atoms with E-state index in [4.69, 9.17) is 0 Å². The highest BCUT2D eigenvalue weighted by Gasteiger charge is 2.27. The molecule has 1 aromatic heterocycles. The molecular weight excluding hydrogens is 402 g/mol. The van der Waals surface area contributed by atoms with E-state index in [2.05, 4.69) is 5.32 Å². The van der Waals surface area contributed by atoms with Gasteiger partial charge < -0.3 is 14.8 Å². The van der Waals surface area contributed by atoms with E-state index in [1.54, 1.807) is 16.7 Å². The van der Waals surface area contributed by atoms with Gasteiger partial charge >= 0.3 is 0 Å². The maximum absolute atomic E-state index is 13.1. The Morgan fingerprint density at radius 2 is 1.70 bits per heavy atom. The lowest BCUT2D eigenvalue weighted by atomic mass is 9.95. The average molecular weight is 432 g/mol. The second-order valence-electron chi connectivity index (χ2n) is 8.39. The minimum atomic E-state index is -3.83. The highest BCUT2D eigenvalue weighted by atomic mass is 32.2. The van der Waals surface area contributed by atoms with Crippen molar-refractivity contribution in [3.63, 3.8) is 0 Å². The summed E-state index contributed by atoms with van der Waals surface area (Å²) in [6.07, 6.45) is 8.64. The third-order valence-electron chi connectivity index (χ3n) is 6.14. The molecule has 1 saturated heterocycles. The Labute approximate surface area is 177 Å². The molecule has 0 radical (unpaired) electrons. The Hall–Kier alpha value is -2.35. The highest BCUT2D eigenvalue weighted by Crippen LogP contribution is 2.27. The van der Waals surface area contributed by atoms with Crippen LogP contribution in [0.3, 0.4) is 0 Å². The molecule has 2 heterocycles. The fourth-order valence-corrected chi connectivity index (χ4v) is 5.95. The number of sulfone groups is 1. The van der Waals surface area contributed by atoms with Gasteiger partial charge in [0.05, 0.1) is 4.90 Å². The van der Waals surface area contributed by atoms with Crippen molar-refractivity contribution in [2.75, 3.05) is 18.8 Å². The van der Waals surface area contributed by atoms with E-state index >= 15 is 0 Å². The molecule has 0 bridgehead atoms. The van der Waals surface area contributed by atoms with E-state index in [0.717, 1.165) is 51.6 Å². The summed E-state index contributed by atoms with van der Waals surface area (Å²) in [5.74, 6) is -1.03. The zero-order valence-electron chi connectivity index (χ0n) is 17.2. The van der Waals surface area contributed by atoms with Gasteiger partial charge in [0.15, 0.2) is 9.84 Å². The second kappa shape index (κ2) is 8.79. The number of nitrogens with one attached hydrogen (secondary N) is 1. The molecule has 2 fully saturated rings. The van der Waals surface area contributed by atoms with Gasteiger partial charge in [0.2, 0.25) is 11.8 Å². The van der Waals surface area contributed by atoms with Gasteiger partial charge in [-0.05, 0) is 31.7 Å². The number of benzene rings is 1. The first-order valence-electron chi connectivity index (χ1n) is 10.8. The summed E-state index contributed by atoms with van der Waals surface area (Å²) in [4.78, 5) is 27.0. The third kappa shape index (κ3) is 4.53. The molecule has 2 amide bonds. The predicted molar refractivity (Wildman–Crippen MR) is 115 cm³/mol. The number of fused-ring (bicyclic) bond motifs is 1. The van der Waals surface area contributed by atoms with Crippen molar-refractivity contribution < 1.29 is 18.0 Å². The lowest BCUT2D eigenvalue weighted by Crippen LogP contribution is -2.39. The van der Waals surface area contributed by atoms with Crippen LogP contribution in [0.4, 0.5) is 0 Å². The fourth-order valence-electron chi connectivity index (χ4n) is 4.57. The van der Waals surface area contributed by atoms with Gasteiger partial charge in [-0.1, -0.05) is 37.5 Å². The fraction of sp³-hybridized carbons (Fsp3) is 0.545. The van der Waals surface area contributed by atoms with Gasteiger partial charge in [-0.3, -0.25) is 9.59 Å². The van der Waals surface area contributed by atoms with E-state index in [1.165, 1.54) is 12.6 Å². The molecule has 2 aromatic rings. The van der Waals surface area contributed by atoms with Gasteiger partial charge in [0, 0.05) is 36.2 Å². The van der Waals surface area contributed by atoms with Crippen LogP contribution in [0.2, 0.25) is 0 Å². The molecular formula is C22H29N3O4S. The van der Waals surface area contributed by atoms with Crippen LogP contribution in [0.1, 0.15) is 44.9 Å². The predicted octanol–water partition coefficient (Wildman–Crippen LogP) is 2.49. The van der Waals surface area contributed by atoms with Crippen LogP contribution in [-0.4, -0.2) is 54.6 Å². The molecule has 30 heavy (non-hydrogen) atoms. The van der Waals surface area contributed by atoms with Crippen LogP contribution in [0.15, 0.2) is 35.4 Å². The zero-order valence-corrected chi connectivity index (χ0v) is 18.0. The van der Waals surface area contributed by atoms with Gasteiger partial charge in [-0.2, -0.15) is 0 Å². The van der Waals surface area contributed by atoms with Crippen LogP contribution in [-0.2, 0) is 26.0 Å². The number of carbonyl (C=O) groups excluding carboxylic acids is 2. The van der Waals surface area contributed by atoms with Crippen molar-refractivity contribution in [3.05, 3.63) is 30.5 Å². The molecule has 1 N–H and O–H groups in total. The molecule has 4 rings (SSSR count). The Morgan fingerprint density at radius 3 is 2.43 bits per heavy atom. The molecule has 2 aliphatic rings. The summed E-state index contributed by atoms with van der Waals surface area (Å²) < 4.78 is 27.9. The zero-order chi connectivity index (χ0) is 21.1. The summed E-state index contributed by atoms with van der Waals surface area (Å²) in [6.45, 7) is 1.61. The lowest BCUT2D eigenvalue weighted by Gasteiger charge is -2.22. The quantitative estimate of drug-likeness (QED) is 0.761. The standard InChI is InChI=1S/C22H29N3O4S/c26-21(23-17-8-2-1-3-9-17)16-30(28,29)20-14-25(19-11-5-4-10-18(19)20)15-22(27)24-12-6-7-13-24/h4-5,10-11,14,17H,1-3,6-9,12-13,15-16H2,(H,23,26). The number of para-hydroxylation sites is 1. The van der Waals surface area contributed by atoms with Gasteiger partial charge in [0.25, 0.3) is 0 Å². The molecule has 1 aromatic carbocycles. The largest absolute Gasteiger partial charge is 0.352 e. The molecule has 8 heteroatoms.